The van der Waals surface area contributed by atoms with Crippen LogP contribution in [0.1, 0.15) is 49.1 Å². The smallest absolute Gasteiger partial charge is 0.342 e. The molecule has 8 heteroatoms. The maximum Gasteiger partial charge on any atom is 0.417 e. The van der Waals surface area contributed by atoms with Crippen molar-refractivity contribution in [3.63, 3.8) is 0 Å². The Morgan fingerprint density at radius 2 is 2.12 bits per heavy atom. The van der Waals surface area contributed by atoms with E-state index in [1.165, 1.54) is 6.92 Å². The van der Waals surface area contributed by atoms with Crippen molar-refractivity contribution in [1.29, 1.82) is 0 Å². The molecule has 2 aliphatic rings. The number of carbonyl (C=O) groups is 1. The fraction of sp³-hybridized carbons (Fsp3) is 0.611. The molecule has 1 aliphatic carbocycles. The molecule has 140 valence electrons. The Kier molecular flexibility index (Phi) is 3.96. The molecule has 3 unspecified atom stereocenters. The molecule has 2 aromatic heterocycles. The summed E-state index contributed by atoms with van der Waals surface area (Å²) in [6.45, 7) is 4.58. The number of alkyl halides is 3. The van der Waals surface area contributed by atoms with E-state index in [4.69, 9.17) is 4.52 Å². The van der Waals surface area contributed by atoms with E-state index < -0.39 is 11.7 Å². The van der Waals surface area contributed by atoms with Crippen molar-refractivity contribution in [2.24, 2.45) is 11.8 Å². The van der Waals surface area contributed by atoms with Gasteiger partial charge in [0.15, 0.2) is 0 Å². The lowest BCUT2D eigenvalue weighted by atomic mass is 9.92. The summed E-state index contributed by atoms with van der Waals surface area (Å²) in [5.74, 6) is 0.380. The Balaban J connectivity index is 1.66. The Hall–Kier alpha value is -2.12. The average molecular weight is 367 g/mol. The first-order chi connectivity index (χ1) is 12.3. The largest absolute Gasteiger partial charge is 0.417 e. The van der Waals surface area contributed by atoms with Gasteiger partial charge in [-0.05, 0) is 38.2 Å². The highest BCUT2D eigenvalue weighted by molar-refractivity contribution is 5.82. The van der Waals surface area contributed by atoms with Gasteiger partial charge in [0.25, 0.3) is 5.71 Å². The van der Waals surface area contributed by atoms with E-state index in [0.717, 1.165) is 18.9 Å². The molecule has 5 nitrogen and oxygen atoms in total. The zero-order valence-corrected chi connectivity index (χ0v) is 14.6. The fourth-order valence-corrected chi connectivity index (χ4v) is 3.87. The van der Waals surface area contributed by atoms with Gasteiger partial charge in [0.1, 0.15) is 0 Å². The fourth-order valence-electron chi connectivity index (χ4n) is 3.87. The van der Waals surface area contributed by atoms with Crippen LogP contribution in [0.2, 0.25) is 0 Å². The first-order valence-electron chi connectivity index (χ1n) is 8.88. The molecule has 2 fully saturated rings. The van der Waals surface area contributed by atoms with Crippen molar-refractivity contribution in [3.05, 3.63) is 23.0 Å². The number of halogens is 3. The quantitative estimate of drug-likeness (QED) is 0.807. The number of aromatic nitrogens is 2. The molecule has 3 heterocycles. The normalized spacial score (nSPS) is 26.3. The molecule has 1 aliphatic heterocycles. The first kappa shape index (κ1) is 17.3. The maximum atomic E-state index is 13.5. The predicted molar refractivity (Wildman–Crippen MR) is 87.4 cm³/mol. The standard InChI is InChI=1S/C18H20F3N3O2/c1-9-6-12(9)17(25)24-5-3-4-11(8-24)14-7-13(18(19,20)21)15-10(2)23-26-16(15)22-14/h7,9,11-12H,3-6,8H2,1-2H3. The van der Waals surface area contributed by atoms with E-state index in [-0.39, 0.29) is 34.5 Å². The Morgan fingerprint density at radius 3 is 2.77 bits per heavy atom. The summed E-state index contributed by atoms with van der Waals surface area (Å²) >= 11 is 0. The van der Waals surface area contributed by atoms with E-state index >= 15 is 0 Å². The van der Waals surface area contributed by atoms with Crippen LogP contribution in [0.15, 0.2) is 10.6 Å². The van der Waals surface area contributed by atoms with Crippen LogP contribution in [-0.2, 0) is 11.0 Å². The highest BCUT2D eigenvalue weighted by atomic mass is 19.4. The third-order valence-corrected chi connectivity index (χ3v) is 5.52. The molecule has 1 saturated heterocycles. The number of hydrogen-bond acceptors (Lipinski definition) is 4. The molecule has 26 heavy (non-hydrogen) atoms. The van der Waals surface area contributed by atoms with Crippen LogP contribution in [0.4, 0.5) is 13.2 Å². The van der Waals surface area contributed by atoms with Crippen LogP contribution in [0.3, 0.4) is 0 Å². The molecule has 2 aromatic rings. The van der Waals surface area contributed by atoms with Gasteiger partial charge in [-0.15, -0.1) is 0 Å². The van der Waals surface area contributed by atoms with E-state index in [9.17, 15) is 18.0 Å². The highest BCUT2D eigenvalue weighted by Crippen LogP contribution is 2.41. The van der Waals surface area contributed by atoms with E-state index in [2.05, 4.69) is 10.1 Å². The van der Waals surface area contributed by atoms with Gasteiger partial charge >= 0.3 is 6.18 Å². The Morgan fingerprint density at radius 1 is 1.38 bits per heavy atom. The first-order valence-corrected chi connectivity index (χ1v) is 8.88. The third kappa shape index (κ3) is 2.95. The second kappa shape index (κ2) is 5.96. The van der Waals surface area contributed by atoms with Crippen LogP contribution in [0, 0.1) is 18.8 Å². The number of amides is 1. The molecule has 4 rings (SSSR count). The number of aryl methyl sites for hydroxylation is 1. The Bertz CT molecular complexity index is 861. The topological polar surface area (TPSA) is 59.2 Å². The van der Waals surface area contributed by atoms with Crippen LogP contribution >= 0.6 is 0 Å². The summed E-state index contributed by atoms with van der Waals surface area (Å²) in [5.41, 5.74) is -0.362. The van der Waals surface area contributed by atoms with Gasteiger partial charge in [-0.2, -0.15) is 13.2 Å². The molecule has 1 saturated carbocycles. The van der Waals surface area contributed by atoms with Crippen LogP contribution in [-0.4, -0.2) is 34.0 Å². The minimum Gasteiger partial charge on any atom is -0.342 e. The molecular weight excluding hydrogens is 347 g/mol. The summed E-state index contributed by atoms with van der Waals surface area (Å²) in [6, 6.07) is 1.10. The number of rotatable bonds is 2. The summed E-state index contributed by atoms with van der Waals surface area (Å²) in [6.07, 6.45) is -2.15. The van der Waals surface area contributed by atoms with Crippen molar-refractivity contribution >= 4 is 17.0 Å². The SMILES string of the molecule is Cc1noc2nc(C3CCCN(C(=O)C4CC4C)C3)cc(C(F)(F)F)c12. The summed E-state index contributed by atoms with van der Waals surface area (Å²) in [4.78, 5) is 18.6. The van der Waals surface area contributed by atoms with Crippen molar-refractivity contribution in [2.75, 3.05) is 13.1 Å². The monoisotopic (exact) mass is 367 g/mol. The zero-order valence-electron chi connectivity index (χ0n) is 14.6. The molecule has 0 bridgehead atoms. The van der Waals surface area contributed by atoms with Crippen molar-refractivity contribution < 1.29 is 22.5 Å². The second-order valence-electron chi connectivity index (χ2n) is 7.48. The molecule has 1 amide bonds. The van der Waals surface area contributed by atoms with E-state index in [1.807, 2.05) is 6.92 Å². The lowest BCUT2D eigenvalue weighted by Gasteiger charge is -2.33. The lowest BCUT2D eigenvalue weighted by Crippen LogP contribution is -2.40. The van der Waals surface area contributed by atoms with Crippen LogP contribution < -0.4 is 0 Å². The molecule has 0 aromatic carbocycles. The van der Waals surface area contributed by atoms with E-state index in [0.29, 0.717) is 31.1 Å². The molecule has 0 radical (unpaired) electrons. The average Bonchev–Trinajstić information content (AvgIpc) is 3.22. The van der Waals surface area contributed by atoms with Gasteiger partial charge < -0.3 is 9.42 Å². The zero-order chi connectivity index (χ0) is 18.6. The predicted octanol–water partition coefficient (Wildman–Crippen LogP) is 3.91. The second-order valence-corrected chi connectivity index (χ2v) is 7.48. The number of fused-ring (bicyclic) bond motifs is 1. The van der Waals surface area contributed by atoms with Gasteiger partial charge in [0.2, 0.25) is 5.91 Å². The summed E-state index contributed by atoms with van der Waals surface area (Å²) < 4.78 is 45.6. The van der Waals surface area contributed by atoms with Crippen LogP contribution in [0.5, 0.6) is 0 Å². The molecule has 0 N–H and O–H groups in total. The summed E-state index contributed by atoms with van der Waals surface area (Å²) in [5, 5.41) is 3.55. The molecule has 3 atom stereocenters. The number of nitrogens with zero attached hydrogens (tertiary/aromatic N) is 3. The van der Waals surface area contributed by atoms with Crippen molar-refractivity contribution in [1.82, 2.24) is 15.0 Å². The Labute approximate surface area is 148 Å². The van der Waals surface area contributed by atoms with Gasteiger partial charge in [-0.25, -0.2) is 4.98 Å². The summed E-state index contributed by atoms with van der Waals surface area (Å²) in [7, 11) is 0. The van der Waals surface area contributed by atoms with Gasteiger partial charge in [-0.1, -0.05) is 12.1 Å². The minimum absolute atomic E-state index is 0.0758. The van der Waals surface area contributed by atoms with Crippen molar-refractivity contribution in [2.45, 2.75) is 45.2 Å². The number of likely N-dealkylation sites (tertiary alicyclic amines) is 1. The molecule has 0 spiro atoms. The number of carbonyl (C=O) groups excluding carboxylic acids is 1. The van der Waals surface area contributed by atoms with E-state index in [1.54, 1.807) is 4.90 Å². The van der Waals surface area contributed by atoms with Gasteiger partial charge in [-0.3, -0.25) is 4.79 Å². The molecular formula is C18H20F3N3O2. The highest BCUT2D eigenvalue weighted by Gasteiger charge is 2.43. The minimum atomic E-state index is -4.51. The maximum absolute atomic E-state index is 13.5. The van der Waals surface area contributed by atoms with Crippen molar-refractivity contribution in [3.8, 4) is 0 Å². The lowest BCUT2D eigenvalue weighted by molar-refractivity contribution is -0.137. The van der Waals surface area contributed by atoms with Crippen LogP contribution in [0.25, 0.3) is 11.1 Å². The number of piperidine rings is 1. The number of pyridine rings is 1. The van der Waals surface area contributed by atoms with Gasteiger partial charge in [0, 0.05) is 24.9 Å². The number of hydrogen-bond donors (Lipinski definition) is 0. The third-order valence-electron chi connectivity index (χ3n) is 5.52. The van der Waals surface area contributed by atoms with Gasteiger partial charge in [0.05, 0.1) is 22.3 Å².